The van der Waals surface area contributed by atoms with Crippen LogP contribution in [0.4, 0.5) is 0 Å². The third-order valence-corrected chi connectivity index (χ3v) is 3.77. The molecule has 0 heterocycles. The first-order valence-corrected chi connectivity index (χ1v) is 7.19. The normalized spacial score (nSPS) is 12.8. The summed E-state index contributed by atoms with van der Waals surface area (Å²) in [5, 5.41) is 8.83. The van der Waals surface area contributed by atoms with Crippen molar-refractivity contribution in [1.82, 2.24) is 0 Å². The molecule has 0 radical (unpaired) electrons. The van der Waals surface area contributed by atoms with Gasteiger partial charge in [0.1, 0.15) is 5.75 Å². The van der Waals surface area contributed by atoms with Crippen LogP contribution in [-0.4, -0.2) is 18.2 Å². The first kappa shape index (κ1) is 17.8. The van der Waals surface area contributed by atoms with E-state index in [9.17, 15) is 4.79 Å². The van der Waals surface area contributed by atoms with Gasteiger partial charge in [-0.05, 0) is 62.9 Å². The Labute approximate surface area is 132 Å². The second-order valence-electron chi connectivity index (χ2n) is 5.46. The van der Waals surface area contributed by atoms with Gasteiger partial charge < -0.3 is 9.84 Å². The summed E-state index contributed by atoms with van der Waals surface area (Å²) in [7, 11) is 1.68. The van der Waals surface area contributed by atoms with E-state index in [-0.39, 0.29) is 0 Å². The third-order valence-electron chi connectivity index (χ3n) is 3.77. The summed E-state index contributed by atoms with van der Waals surface area (Å²) in [6, 6.07) is 2.04. The fraction of sp³-hybridized carbons (Fsp3) is 0.316. The highest BCUT2D eigenvalue weighted by Crippen LogP contribution is 2.28. The number of carboxylic acid groups (broad SMARTS) is 1. The number of hydrogen-bond donors (Lipinski definition) is 1. The first-order valence-electron chi connectivity index (χ1n) is 7.19. The van der Waals surface area contributed by atoms with Gasteiger partial charge in [0.15, 0.2) is 0 Å². The number of methoxy groups -OCH3 is 1. The topological polar surface area (TPSA) is 46.5 Å². The average molecular weight is 300 g/mol. The van der Waals surface area contributed by atoms with Crippen LogP contribution < -0.4 is 4.74 Å². The number of aliphatic carboxylic acids is 1. The average Bonchev–Trinajstić information content (AvgIpc) is 2.47. The molecule has 0 aliphatic rings. The van der Waals surface area contributed by atoms with Crippen LogP contribution in [0, 0.1) is 20.8 Å². The van der Waals surface area contributed by atoms with Gasteiger partial charge in [0, 0.05) is 5.57 Å². The van der Waals surface area contributed by atoms with E-state index in [2.05, 4.69) is 19.9 Å². The van der Waals surface area contributed by atoms with Crippen LogP contribution in [0.2, 0.25) is 0 Å². The van der Waals surface area contributed by atoms with Gasteiger partial charge in [0.2, 0.25) is 0 Å². The molecule has 0 aliphatic heterocycles. The van der Waals surface area contributed by atoms with Crippen LogP contribution >= 0.6 is 0 Å². The van der Waals surface area contributed by atoms with E-state index >= 15 is 0 Å². The SMILES string of the molecule is COc1cc(C)c(/C=C/C(C)=C/C=C(\C)C(=O)O)c(C)c1C. The van der Waals surface area contributed by atoms with Crippen molar-refractivity contribution in [3.05, 3.63) is 57.7 Å². The Balaban J connectivity index is 3.10. The van der Waals surface area contributed by atoms with Crippen molar-refractivity contribution in [2.75, 3.05) is 7.11 Å². The first-order chi connectivity index (χ1) is 10.3. The molecule has 3 nitrogen and oxygen atoms in total. The van der Waals surface area contributed by atoms with Crippen LogP contribution in [-0.2, 0) is 4.79 Å². The highest BCUT2D eigenvalue weighted by atomic mass is 16.5. The molecule has 0 aromatic heterocycles. The molecule has 22 heavy (non-hydrogen) atoms. The molecule has 118 valence electrons. The van der Waals surface area contributed by atoms with Crippen LogP contribution in [0.1, 0.15) is 36.1 Å². The number of carbonyl (C=O) groups is 1. The van der Waals surface area contributed by atoms with Crippen molar-refractivity contribution in [1.29, 1.82) is 0 Å². The zero-order valence-electron chi connectivity index (χ0n) is 14.2. The molecule has 0 spiro atoms. The van der Waals surface area contributed by atoms with Gasteiger partial charge in [0.25, 0.3) is 0 Å². The lowest BCUT2D eigenvalue weighted by atomic mass is 9.96. The van der Waals surface area contributed by atoms with Gasteiger partial charge in [0.05, 0.1) is 7.11 Å². The van der Waals surface area contributed by atoms with Crippen molar-refractivity contribution < 1.29 is 14.6 Å². The molecule has 1 rings (SSSR count). The van der Waals surface area contributed by atoms with E-state index in [0.29, 0.717) is 5.57 Å². The zero-order chi connectivity index (χ0) is 16.9. The molecule has 0 amide bonds. The fourth-order valence-electron chi connectivity index (χ4n) is 2.13. The van der Waals surface area contributed by atoms with Gasteiger partial charge in [-0.1, -0.05) is 29.9 Å². The number of ether oxygens (including phenoxy) is 1. The monoisotopic (exact) mass is 300 g/mol. The van der Waals surface area contributed by atoms with Gasteiger partial charge >= 0.3 is 5.97 Å². The van der Waals surface area contributed by atoms with Crippen molar-refractivity contribution in [2.45, 2.75) is 34.6 Å². The summed E-state index contributed by atoms with van der Waals surface area (Å²) < 4.78 is 5.38. The number of rotatable bonds is 5. The third kappa shape index (κ3) is 4.35. The summed E-state index contributed by atoms with van der Waals surface area (Å²) in [4.78, 5) is 10.8. The molecule has 0 saturated heterocycles. The second kappa shape index (κ2) is 7.64. The van der Waals surface area contributed by atoms with E-state index in [4.69, 9.17) is 9.84 Å². The van der Waals surface area contributed by atoms with E-state index < -0.39 is 5.97 Å². The van der Waals surface area contributed by atoms with E-state index in [0.717, 1.165) is 22.4 Å². The molecule has 3 heteroatoms. The highest BCUT2D eigenvalue weighted by Gasteiger charge is 2.08. The maximum Gasteiger partial charge on any atom is 0.331 e. The molecule has 0 fully saturated rings. The predicted octanol–water partition coefficient (Wildman–Crippen LogP) is 4.61. The Morgan fingerprint density at radius 2 is 1.77 bits per heavy atom. The molecule has 0 atom stereocenters. The number of hydrogen-bond acceptors (Lipinski definition) is 2. The van der Waals surface area contributed by atoms with Crippen molar-refractivity contribution in [3.63, 3.8) is 0 Å². The van der Waals surface area contributed by atoms with E-state index in [1.54, 1.807) is 26.2 Å². The Hall–Kier alpha value is -2.29. The molecule has 1 N–H and O–H groups in total. The van der Waals surface area contributed by atoms with Crippen LogP contribution in [0.25, 0.3) is 6.08 Å². The minimum absolute atomic E-state index is 0.320. The van der Waals surface area contributed by atoms with Crippen LogP contribution in [0.3, 0.4) is 0 Å². The standard InChI is InChI=1S/C19H24O3/c1-12(7-9-13(2)19(20)21)8-10-17-14(3)11-18(22-6)16(5)15(17)4/h7-11H,1-6H3,(H,20,21)/b10-8+,12-7+,13-9+. The lowest BCUT2D eigenvalue weighted by molar-refractivity contribution is -0.132. The minimum Gasteiger partial charge on any atom is -0.496 e. The Morgan fingerprint density at radius 1 is 1.14 bits per heavy atom. The summed E-state index contributed by atoms with van der Waals surface area (Å²) in [5.74, 6) is 0.00456. The summed E-state index contributed by atoms with van der Waals surface area (Å²) in [5.41, 5.74) is 5.97. The van der Waals surface area contributed by atoms with Crippen molar-refractivity contribution in [3.8, 4) is 5.75 Å². The molecule has 0 unspecified atom stereocenters. The quantitative estimate of drug-likeness (QED) is 0.638. The molecular weight excluding hydrogens is 276 g/mol. The Kier molecular flexibility index (Phi) is 6.17. The smallest absolute Gasteiger partial charge is 0.331 e. The molecule has 0 saturated carbocycles. The lowest BCUT2D eigenvalue weighted by Crippen LogP contribution is -1.96. The largest absolute Gasteiger partial charge is 0.496 e. The summed E-state index contributed by atoms with van der Waals surface area (Å²) in [6.45, 7) is 9.72. The van der Waals surface area contributed by atoms with Gasteiger partial charge in [-0.15, -0.1) is 0 Å². The molecule has 0 bridgehead atoms. The van der Waals surface area contributed by atoms with Crippen molar-refractivity contribution in [2.24, 2.45) is 0 Å². The highest BCUT2D eigenvalue weighted by molar-refractivity contribution is 5.86. The fourth-order valence-corrected chi connectivity index (χ4v) is 2.13. The maximum atomic E-state index is 10.8. The van der Waals surface area contributed by atoms with Gasteiger partial charge in [-0.2, -0.15) is 0 Å². The Bertz CT molecular complexity index is 662. The predicted molar refractivity (Wildman–Crippen MR) is 91.4 cm³/mol. The minimum atomic E-state index is -0.898. The van der Waals surface area contributed by atoms with Gasteiger partial charge in [-0.25, -0.2) is 4.79 Å². The van der Waals surface area contributed by atoms with Crippen LogP contribution in [0.15, 0.2) is 35.4 Å². The molecular formula is C19H24O3. The van der Waals surface area contributed by atoms with E-state index in [1.807, 2.05) is 26.0 Å². The number of allylic oxidation sites excluding steroid dienone is 4. The van der Waals surface area contributed by atoms with E-state index in [1.165, 1.54) is 11.1 Å². The molecule has 1 aromatic rings. The van der Waals surface area contributed by atoms with Gasteiger partial charge in [-0.3, -0.25) is 0 Å². The zero-order valence-corrected chi connectivity index (χ0v) is 14.2. The molecule has 1 aromatic carbocycles. The number of carboxylic acids is 1. The van der Waals surface area contributed by atoms with Crippen molar-refractivity contribution >= 4 is 12.0 Å². The maximum absolute atomic E-state index is 10.8. The summed E-state index contributed by atoms with van der Waals surface area (Å²) >= 11 is 0. The number of benzene rings is 1. The lowest BCUT2D eigenvalue weighted by Gasteiger charge is -2.13. The molecule has 0 aliphatic carbocycles. The summed E-state index contributed by atoms with van der Waals surface area (Å²) in [6.07, 6.45) is 7.47. The van der Waals surface area contributed by atoms with Crippen LogP contribution in [0.5, 0.6) is 5.75 Å². The Morgan fingerprint density at radius 3 is 2.32 bits per heavy atom. The second-order valence-corrected chi connectivity index (χ2v) is 5.46. The number of aryl methyl sites for hydroxylation is 1.